The molecule has 0 spiro atoms. The molecule has 0 bridgehead atoms. The second-order valence-corrected chi connectivity index (χ2v) is 7.75. The van der Waals surface area contributed by atoms with Crippen molar-refractivity contribution in [2.75, 3.05) is 17.5 Å². The van der Waals surface area contributed by atoms with Gasteiger partial charge < -0.3 is 9.47 Å². The van der Waals surface area contributed by atoms with E-state index in [9.17, 15) is 18.0 Å². The molecule has 1 atom stereocenters. The van der Waals surface area contributed by atoms with E-state index in [4.69, 9.17) is 9.47 Å². The van der Waals surface area contributed by atoms with Crippen LogP contribution in [0.15, 0.2) is 59.5 Å². The number of rotatable bonds is 6. The third kappa shape index (κ3) is 3.95. The predicted octanol–water partition coefficient (Wildman–Crippen LogP) is 2.37. The highest BCUT2D eigenvalue weighted by Gasteiger charge is 2.31. The maximum absolute atomic E-state index is 13.0. The highest BCUT2D eigenvalue weighted by atomic mass is 32.2. The van der Waals surface area contributed by atoms with Gasteiger partial charge in [-0.15, -0.1) is 0 Å². The number of hydrogen-bond acceptors (Lipinski definition) is 6. The molecule has 1 aliphatic rings. The number of esters is 2. The van der Waals surface area contributed by atoms with E-state index in [0.29, 0.717) is 12.1 Å². The first-order chi connectivity index (χ1) is 12.9. The van der Waals surface area contributed by atoms with E-state index in [2.05, 4.69) is 0 Å². The molecule has 142 valence electrons. The van der Waals surface area contributed by atoms with Crippen LogP contribution in [0.2, 0.25) is 0 Å². The summed E-state index contributed by atoms with van der Waals surface area (Å²) in [6, 6.07) is 14.3. The smallest absolute Gasteiger partial charge is 0.347 e. The molecule has 0 saturated carbocycles. The maximum Gasteiger partial charge on any atom is 0.347 e. The van der Waals surface area contributed by atoms with E-state index in [-0.39, 0.29) is 23.6 Å². The first kappa shape index (κ1) is 18.9. The number of sulfonamides is 1. The Kier molecular flexibility index (Phi) is 5.46. The van der Waals surface area contributed by atoms with Gasteiger partial charge in [-0.3, -0.25) is 4.31 Å². The van der Waals surface area contributed by atoms with Gasteiger partial charge in [-0.1, -0.05) is 24.3 Å². The van der Waals surface area contributed by atoms with Gasteiger partial charge in [-0.05, 0) is 37.3 Å². The number of nitrogens with zero attached hydrogens (tertiary/aromatic N) is 1. The fraction of sp³-hybridized carbons (Fsp3) is 0.263. The molecule has 3 rings (SSSR count). The third-order valence-electron chi connectivity index (χ3n) is 4.13. The largest absolute Gasteiger partial charge is 0.463 e. The number of ether oxygens (including phenoxy) is 2. The molecule has 1 aliphatic heterocycles. The van der Waals surface area contributed by atoms with Crippen LogP contribution >= 0.6 is 0 Å². The van der Waals surface area contributed by atoms with Crippen LogP contribution in [0.4, 0.5) is 5.69 Å². The van der Waals surface area contributed by atoms with Crippen molar-refractivity contribution in [1.29, 1.82) is 0 Å². The summed E-state index contributed by atoms with van der Waals surface area (Å²) < 4.78 is 37.2. The zero-order chi connectivity index (χ0) is 19.4. The summed E-state index contributed by atoms with van der Waals surface area (Å²) >= 11 is 0. The molecule has 0 unspecified atom stereocenters. The van der Waals surface area contributed by atoms with Crippen molar-refractivity contribution >= 4 is 27.6 Å². The molecular formula is C19H19NO6S. The average molecular weight is 389 g/mol. The maximum atomic E-state index is 13.0. The Balaban J connectivity index is 1.87. The van der Waals surface area contributed by atoms with Gasteiger partial charge >= 0.3 is 11.9 Å². The first-order valence-corrected chi connectivity index (χ1v) is 9.93. The van der Waals surface area contributed by atoms with Crippen LogP contribution in [0.3, 0.4) is 0 Å². The molecule has 8 heteroatoms. The highest BCUT2D eigenvalue weighted by Crippen LogP contribution is 2.24. The molecule has 2 aromatic rings. The van der Waals surface area contributed by atoms with Crippen molar-refractivity contribution in [3.8, 4) is 0 Å². The number of hydrogen-bond donors (Lipinski definition) is 0. The normalized spacial score (nSPS) is 16.6. The Morgan fingerprint density at radius 2 is 1.93 bits per heavy atom. The summed E-state index contributed by atoms with van der Waals surface area (Å²) in [5, 5.41) is 0. The minimum atomic E-state index is -3.86. The number of benzene rings is 2. The van der Waals surface area contributed by atoms with Gasteiger partial charge in [-0.2, -0.15) is 0 Å². The van der Waals surface area contributed by atoms with Gasteiger partial charge in [0.15, 0.2) is 0 Å². The average Bonchev–Trinajstić information content (AvgIpc) is 3.07. The Morgan fingerprint density at radius 3 is 2.56 bits per heavy atom. The van der Waals surface area contributed by atoms with Crippen molar-refractivity contribution in [2.45, 2.75) is 24.3 Å². The summed E-state index contributed by atoms with van der Waals surface area (Å²) in [6.07, 6.45) is -0.658. The number of cyclic esters (lactones) is 1. The fourth-order valence-corrected chi connectivity index (χ4v) is 4.30. The van der Waals surface area contributed by atoms with Crippen molar-refractivity contribution in [3.63, 3.8) is 0 Å². The highest BCUT2D eigenvalue weighted by molar-refractivity contribution is 7.92. The monoisotopic (exact) mass is 389 g/mol. The Labute approximate surface area is 157 Å². The van der Waals surface area contributed by atoms with E-state index >= 15 is 0 Å². The topological polar surface area (TPSA) is 90.0 Å². The van der Waals surface area contributed by atoms with Gasteiger partial charge in [0.25, 0.3) is 10.0 Å². The van der Waals surface area contributed by atoms with E-state index < -0.39 is 28.1 Å². The molecule has 0 amide bonds. The summed E-state index contributed by atoms with van der Waals surface area (Å²) in [7, 11) is -3.86. The zero-order valence-corrected chi connectivity index (χ0v) is 15.5. The lowest BCUT2D eigenvalue weighted by Crippen LogP contribution is -2.31. The first-order valence-electron chi connectivity index (χ1n) is 8.49. The molecule has 0 radical (unpaired) electrons. The summed E-state index contributed by atoms with van der Waals surface area (Å²) in [6.45, 7) is 2.16. The molecule has 1 fully saturated rings. The van der Waals surface area contributed by atoms with E-state index in [1.165, 1.54) is 28.6 Å². The van der Waals surface area contributed by atoms with Crippen LogP contribution in [0.25, 0.3) is 0 Å². The van der Waals surface area contributed by atoms with E-state index in [1.54, 1.807) is 37.3 Å². The van der Waals surface area contributed by atoms with Gasteiger partial charge in [0.05, 0.1) is 22.8 Å². The van der Waals surface area contributed by atoms with Crippen LogP contribution < -0.4 is 4.31 Å². The molecule has 1 saturated heterocycles. The minimum Gasteiger partial charge on any atom is -0.463 e. The number of para-hydroxylation sites is 1. The Morgan fingerprint density at radius 1 is 1.19 bits per heavy atom. The Bertz CT molecular complexity index is 942. The lowest BCUT2D eigenvalue weighted by atomic mass is 10.2. The van der Waals surface area contributed by atoms with Gasteiger partial charge in [0.2, 0.25) is 6.10 Å². The lowest BCUT2D eigenvalue weighted by molar-refractivity contribution is -0.145. The van der Waals surface area contributed by atoms with Crippen molar-refractivity contribution < 1.29 is 27.5 Å². The molecular weight excluding hydrogens is 370 g/mol. The van der Waals surface area contributed by atoms with Crippen molar-refractivity contribution in [3.05, 3.63) is 60.2 Å². The molecule has 0 N–H and O–H groups in total. The van der Waals surface area contributed by atoms with Crippen molar-refractivity contribution in [2.24, 2.45) is 0 Å². The molecule has 27 heavy (non-hydrogen) atoms. The van der Waals surface area contributed by atoms with Crippen LogP contribution in [-0.4, -0.2) is 39.6 Å². The number of carbonyl (C=O) groups is 2. The SMILES string of the molecule is CCN(c1ccccc1)S(=O)(=O)c1cccc(C(=O)O[C@H]2CCOC2=O)c1. The van der Waals surface area contributed by atoms with Crippen molar-refractivity contribution in [1.82, 2.24) is 0 Å². The Hall–Kier alpha value is -2.87. The second-order valence-electron chi connectivity index (χ2n) is 5.88. The summed E-state index contributed by atoms with van der Waals surface area (Å²) in [5.74, 6) is -1.35. The predicted molar refractivity (Wildman–Crippen MR) is 97.9 cm³/mol. The minimum absolute atomic E-state index is 0.0309. The van der Waals surface area contributed by atoms with E-state index in [0.717, 1.165) is 0 Å². The third-order valence-corrected chi connectivity index (χ3v) is 6.02. The molecule has 2 aromatic carbocycles. The van der Waals surface area contributed by atoms with Crippen LogP contribution in [0.1, 0.15) is 23.7 Å². The second kappa shape index (κ2) is 7.79. The van der Waals surface area contributed by atoms with Gasteiger partial charge in [0, 0.05) is 13.0 Å². The summed E-state index contributed by atoms with van der Waals surface area (Å²) in [5.41, 5.74) is 0.585. The van der Waals surface area contributed by atoms with Gasteiger partial charge in [0.1, 0.15) is 0 Å². The molecule has 0 aromatic heterocycles. The van der Waals surface area contributed by atoms with Gasteiger partial charge in [-0.25, -0.2) is 18.0 Å². The molecule has 0 aliphatic carbocycles. The zero-order valence-electron chi connectivity index (χ0n) is 14.7. The molecule has 1 heterocycles. The standard InChI is InChI=1S/C19H19NO6S/c1-2-20(15-8-4-3-5-9-15)27(23,24)16-10-6-7-14(13-16)18(21)26-17-11-12-25-19(17)22/h3-10,13,17H,2,11-12H2,1H3/t17-/m0/s1. The lowest BCUT2D eigenvalue weighted by Gasteiger charge is -2.23. The number of anilines is 1. The molecule has 7 nitrogen and oxygen atoms in total. The quantitative estimate of drug-likeness (QED) is 0.705. The van der Waals surface area contributed by atoms with Crippen LogP contribution in [-0.2, 0) is 24.3 Å². The van der Waals surface area contributed by atoms with E-state index in [1.807, 2.05) is 0 Å². The number of carbonyl (C=O) groups excluding carboxylic acids is 2. The fourth-order valence-electron chi connectivity index (χ4n) is 2.78. The van der Waals surface area contributed by atoms with Crippen LogP contribution in [0, 0.1) is 0 Å². The van der Waals surface area contributed by atoms with Crippen LogP contribution in [0.5, 0.6) is 0 Å². The summed E-state index contributed by atoms with van der Waals surface area (Å²) in [4.78, 5) is 23.7.